The predicted octanol–water partition coefficient (Wildman–Crippen LogP) is 5.18. The zero-order chi connectivity index (χ0) is 21.9. The Balaban J connectivity index is 3.57. The molecular formula is C17H19F6NO4. The molecule has 0 saturated carbocycles. The highest BCUT2D eigenvalue weighted by Crippen LogP contribution is 2.41. The van der Waals surface area contributed by atoms with Gasteiger partial charge in [0.05, 0.1) is 24.2 Å². The first-order valence-electron chi connectivity index (χ1n) is 8.01. The number of carbonyl (C=O) groups is 2. The van der Waals surface area contributed by atoms with Crippen LogP contribution in [0.1, 0.15) is 44.4 Å². The molecule has 0 spiro atoms. The van der Waals surface area contributed by atoms with Crippen molar-refractivity contribution in [3.8, 4) is 0 Å². The first kappa shape index (κ1) is 23.6. The van der Waals surface area contributed by atoms with Gasteiger partial charge in [-0.25, -0.2) is 4.79 Å². The number of rotatable bonds is 4. The van der Waals surface area contributed by atoms with Crippen molar-refractivity contribution in [1.29, 1.82) is 0 Å². The molecule has 28 heavy (non-hydrogen) atoms. The number of ether oxygens (including phenoxy) is 2. The van der Waals surface area contributed by atoms with E-state index in [1.807, 2.05) is 5.32 Å². The molecule has 0 fully saturated rings. The molecule has 158 valence electrons. The lowest BCUT2D eigenvalue weighted by atomic mass is 9.98. The standard InChI is InChI=1S/C17H19F6NO4/c1-5-27-13(25)8-10-11(17(21,22)23)6-9(16(18,19)20)7-12(10)24-14(26)28-15(2,3)4/h6-7H,5,8H2,1-4H3,(H,24,26). The van der Waals surface area contributed by atoms with E-state index >= 15 is 0 Å². The molecule has 0 radical (unpaired) electrons. The summed E-state index contributed by atoms with van der Waals surface area (Å²) < 4.78 is 88.8. The lowest BCUT2D eigenvalue weighted by Gasteiger charge is -2.23. The molecule has 0 saturated heterocycles. The maximum atomic E-state index is 13.4. The highest BCUT2D eigenvalue weighted by atomic mass is 19.4. The molecule has 0 bridgehead atoms. The van der Waals surface area contributed by atoms with Gasteiger partial charge in [-0.15, -0.1) is 0 Å². The average molecular weight is 415 g/mol. The molecule has 1 aromatic rings. The number of halogens is 6. The third kappa shape index (κ3) is 6.93. The smallest absolute Gasteiger partial charge is 0.416 e. The van der Waals surface area contributed by atoms with Crippen LogP contribution in [-0.4, -0.2) is 24.3 Å². The molecule has 11 heteroatoms. The monoisotopic (exact) mass is 415 g/mol. The van der Waals surface area contributed by atoms with E-state index in [0.717, 1.165) is 0 Å². The molecule has 0 atom stereocenters. The summed E-state index contributed by atoms with van der Waals surface area (Å²) in [5.41, 5.74) is -6.10. The number of carbonyl (C=O) groups excluding carboxylic acids is 2. The summed E-state index contributed by atoms with van der Waals surface area (Å²) in [6.45, 7) is 5.64. The van der Waals surface area contributed by atoms with E-state index in [1.165, 1.54) is 27.7 Å². The zero-order valence-corrected chi connectivity index (χ0v) is 15.5. The summed E-state index contributed by atoms with van der Waals surface area (Å²) >= 11 is 0. The van der Waals surface area contributed by atoms with Gasteiger partial charge >= 0.3 is 24.4 Å². The van der Waals surface area contributed by atoms with Crippen LogP contribution in [0.25, 0.3) is 0 Å². The van der Waals surface area contributed by atoms with E-state index < -0.39 is 58.8 Å². The molecule has 5 nitrogen and oxygen atoms in total. The largest absolute Gasteiger partial charge is 0.466 e. The summed E-state index contributed by atoms with van der Waals surface area (Å²) in [6.07, 6.45) is -12.6. The summed E-state index contributed by atoms with van der Waals surface area (Å²) in [5, 5.41) is 1.87. The number of alkyl halides is 6. The van der Waals surface area contributed by atoms with Crippen LogP contribution in [0, 0.1) is 0 Å². The second-order valence-corrected chi connectivity index (χ2v) is 6.65. The molecular weight excluding hydrogens is 396 g/mol. The number of hydrogen-bond donors (Lipinski definition) is 1. The third-order valence-corrected chi connectivity index (χ3v) is 3.14. The summed E-state index contributed by atoms with van der Waals surface area (Å²) in [4.78, 5) is 23.6. The van der Waals surface area contributed by atoms with Crippen LogP contribution in [0.3, 0.4) is 0 Å². The van der Waals surface area contributed by atoms with Crippen LogP contribution < -0.4 is 5.32 Å². The van der Waals surface area contributed by atoms with Crippen molar-refractivity contribution in [1.82, 2.24) is 0 Å². The van der Waals surface area contributed by atoms with Gasteiger partial charge < -0.3 is 9.47 Å². The molecule has 0 aliphatic rings. The Morgan fingerprint density at radius 3 is 2.00 bits per heavy atom. The number of amides is 1. The van der Waals surface area contributed by atoms with Crippen molar-refractivity contribution in [2.24, 2.45) is 0 Å². The van der Waals surface area contributed by atoms with Crippen molar-refractivity contribution in [2.45, 2.75) is 52.1 Å². The second kappa shape index (κ2) is 8.27. The molecule has 0 heterocycles. The van der Waals surface area contributed by atoms with Gasteiger partial charge in [-0.3, -0.25) is 10.1 Å². The molecule has 1 amide bonds. The minimum atomic E-state index is -5.21. The van der Waals surface area contributed by atoms with Crippen LogP contribution in [-0.2, 0) is 33.0 Å². The van der Waals surface area contributed by atoms with E-state index in [4.69, 9.17) is 4.74 Å². The number of esters is 1. The first-order chi connectivity index (χ1) is 12.5. The molecule has 1 aromatic carbocycles. The van der Waals surface area contributed by atoms with Crippen LogP contribution in [0.15, 0.2) is 12.1 Å². The van der Waals surface area contributed by atoms with Gasteiger partial charge in [0, 0.05) is 5.69 Å². The number of benzene rings is 1. The Morgan fingerprint density at radius 2 is 1.57 bits per heavy atom. The van der Waals surface area contributed by atoms with Gasteiger partial charge in [-0.2, -0.15) is 26.3 Å². The van der Waals surface area contributed by atoms with Gasteiger partial charge in [0.1, 0.15) is 5.60 Å². The quantitative estimate of drug-likeness (QED) is 0.544. The van der Waals surface area contributed by atoms with Crippen molar-refractivity contribution >= 4 is 17.7 Å². The van der Waals surface area contributed by atoms with Crippen molar-refractivity contribution in [3.63, 3.8) is 0 Å². The minimum Gasteiger partial charge on any atom is -0.466 e. The van der Waals surface area contributed by atoms with Crippen molar-refractivity contribution in [2.75, 3.05) is 11.9 Å². The molecule has 0 aromatic heterocycles. The van der Waals surface area contributed by atoms with Gasteiger partial charge in [0.2, 0.25) is 0 Å². The SMILES string of the molecule is CCOC(=O)Cc1c(NC(=O)OC(C)(C)C)cc(C(F)(F)F)cc1C(F)(F)F. The number of hydrogen-bond acceptors (Lipinski definition) is 4. The van der Waals surface area contributed by atoms with Crippen LogP contribution >= 0.6 is 0 Å². The Kier molecular flexibility index (Phi) is 6.97. The summed E-state index contributed by atoms with van der Waals surface area (Å²) in [7, 11) is 0. The van der Waals surface area contributed by atoms with Gasteiger partial charge in [0.25, 0.3) is 0 Å². The van der Waals surface area contributed by atoms with Gasteiger partial charge in [0.15, 0.2) is 0 Å². The van der Waals surface area contributed by atoms with Gasteiger partial charge in [-0.1, -0.05) is 0 Å². The Bertz CT molecular complexity index is 735. The topological polar surface area (TPSA) is 64.6 Å². The van der Waals surface area contributed by atoms with E-state index in [-0.39, 0.29) is 12.7 Å². The van der Waals surface area contributed by atoms with Crippen LogP contribution in [0.4, 0.5) is 36.8 Å². The zero-order valence-electron chi connectivity index (χ0n) is 15.5. The molecule has 0 aliphatic carbocycles. The van der Waals surface area contributed by atoms with E-state index in [0.29, 0.717) is 6.07 Å². The Hall–Kier alpha value is -2.46. The minimum absolute atomic E-state index is 0.116. The molecule has 1 rings (SSSR count). The lowest BCUT2D eigenvalue weighted by molar-refractivity contribution is -0.144. The fourth-order valence-corrected chi connectivity index (χ4v) is 2.16. The number of nitrogens with one attached hydrogen (secondary N) is 1. The third-order valence-electron chi connectivity index (χ3n) is 3.14. The van der Waals surface area contributed by atoms with Crippen LogP contribution in [0.5, 0.6) is 0 Å². The first-order valence-corrected chi connectivity index (χ1v) is 8.01. The predicted molar refractivity (Wildman–Crippen MR) is 86.6 cm³/mol. The molecule has 0 aliphatic heterocycles. The average Bonchev–Trinajstić information content (AvgIpc) is 2.44. The van der Waals surface area contributed by atoms with Crippen molar-refractivity contribution in [3.05, 3.63) is 28.8 Å². The van der Waals surface area contributed by atoms with E-state index in [2.05, 4.69) is 4.74 Å². The van der Waals surface area contributed by atoms with E-state index in [9.17, 15) is 35.9 Å². The highest BCUT2D eigenvalue weighted by molar-refractivity contribution is 5.88. The van der Waals surface area contributed by atoms with Crippen molar-refractivity contribution < 1.29 is 45.4 Å². The lowest BCUT2D eigenvalue weighted by Crippen LogP contribution is -2.28. The maximum Gasteiger partial charge on any atom is 0.416 e. The normalized spacial score (nSPS) is 12.5. The summed E-state index contributed by atoms with van der Waals surface area (Å²) in [6, 6.07) is 0.197. The summed E-state index contributed by atoms with van der Waals surface area (Å²) in [5.74, 6) is -1.10. The molecule has 0 unspecified atom stereocenters. The fraction of sp³-hybridized carbons (Fsp3) is 0.529. The van der Waals surface area contributed by atoms with Gasteiger partial charge in [-0.05, 0) is 45.4 Å². The number of anilines is 1. The second-order valence-electron chi connectivity index (χ2n) is 6.65. The molecule has 1 N–H and O–H groups in total. The van der Waals surface area contributed by atoms with E-state index in [1.54, 1.807) is 0 Å². The maximum absolute atomic E-state index is 13.4. The highest BCUT2D eigenvalue weighted by Gasteiger charge is 2.40. The fourth-order valence-electron chi connectivity index (χ4n) is 2.16. The Labute approximate surface area is 157 Å². The Morgan fingerprint density at radius 1 is 1.00 bits per heavy atom. The van der Waals surface area contributed by atoms with Crippen LogP contribution in [0.2, 0.25) is 0 Å².